The zero-order valence-electron chi connectivity index (χ0n) is 12.1. The number of benzene rings is 3. The van der Waals surface area contributed by atoms with E-state index in [0.29, 0.717) is 15.7 Å². The smallest absolute Gasteiger partial charge is 0.248 e. The molecule has 0 aliphatic heterocycles. The van der Waals surface area contributed by atoms with Crippen LogP contribution in [0.3, 0.4) is 0 Å². The van der Waals surface area contributed by atoms with Crippen LogP contribution >= 0.6 is 23.2 Å². The monoisotopic (exact) mass is 341 g/mol. The fourth-order valence-corrected chi connectivity index (χ4v) is 2.67. The quantitative estimate of drug-likeness (QED) is 0.599. The zero-order chi connectivity index (χ0) is 16.2. The van der Waals surface area contributed by atoms with Crippen LogP contribution in [0.25, 0.3) is 16.8 Å². The molecule has 23 heavy (non-hydrogen) atoms. The molecule has 0 aliphatic rings. The minimum atomic E-state index is -0.262. The van der Waals surface area contributed by atoms with Gasteiger partial charge in [-0.05, 0) is 40.6 Å². The lowest BCUT2D eigenvalue weighted by Gasteiger charge is -2.05. The standard InChI is InChI=1S/C19H13Cl2NO/c20-15-9-10-17(21)18(12-15)22-19(23)11-8-14-6-3-5-13-4-1-2-7-16(13)14/h1-12H,(H,22,23)/b11-8+. The summed E-state index contributed by atoms with van der Waals surface area (Å²) in [5.74, 6) is -0.262. The normalized spacial score (nSPS) is 11.0. The molecule has 4 heteroatoms. The van der Waals surface area contributed by atoms with E-state index in [1.807, 2.05) is 42.5 Å². The highest BCUT2D eigenvalue weighted by molar-refractivity contribution is 6.35. The van der Waals surface area contributed by atoms with Gasteiger partial charge in [0.1, 0.15) is 0 Å². The number of anilines is 1. The minimum Gasteiger partial charge on any atom is -0.321 e. The van der Waals surface area contributed by atoms with Crippen molar-refractivity contribution in [1.29, 1.82) is 0 Å². The van der Waals surface area contributed by atoms with Crippen molar-refractivity contribution in [3.63, 3.8) is 0 Å². The minimum absolute atomic E-state index is 0.262. The van der Waals surface area contributed by atoms with E-state index in [9.17, 15) is 4.79 Å². The molecule has 0 saturated carbocycles. The molecular formula is C19H13Cl2NO. The molecule has 0 bridgehead atoms. The predicted molar refractivity (Wildman–Crippen MR) is 98.1 cm³/mol. The lowest BCUT2D eigenvalue weighted by Crippen LogP contribution is -2.08. The Hall–Kier alpha value is -2.29. The van der Waals surface area contributed by atoms with Crippen LogP contribution in [0.15, 0.2) is 66.7 Å². The molecule has 0 spiro atoms. The highest BCUT2D eigenvalue weighted by Crippen LogP contribution is 2.25. The van der Waals surface area contributed by atoms with Crippen molar-refractivity contribution in [1.82, 2.24) is 0 Å². The average Bonchev–Trinajstić information content (AvgIpc) is 2.56. The number of carbonyl (C=O) groups is 1. The lowest BCUT2D eigenvalue weighted by atomic mass is 10.0. The highest BCUT2D eigenvalue weighted by Gasteiger charge is 2.04. The van der Waals surface area contributed by atoms with Crippen molar-refractivity contribution in [3.05, 3.63) is 82.3 Å². The molecule has 0 atom stereocenters. The fraction of sp³-hybridized carbons (Fsp3) is 0. The number of fused-ring (bicyclic) bond motifs is 1. The summed E-state index contributed by atoms with van der Waals surface area (Å²) in [4.78, 5) is 12.1. The summed E-state index contributed by atoms with van der Waals surface area (Å²) < 4.78 is 0. The summed E-state index contributed by atoms with van der Waals surface area (Å²) >= 11 is 11.9. The SMILES string of the molecule is O=C(/C=C/c1cccc2ccccc12)Nc1cc(Cl)ccc1Cl. The van der Waals surface area contributed by atoms with Gasteiger partial charge in [-0.25, -0.2) is 0 Å². The summed E-state index contributed by atoms with van der Waals surface area (Å²) in [6.07, 6.45) is 3.27. The molecule has 114 valence electrons. The first-order valence-electron chi connectivity index (χ1n) is 7.05. The van der Waals surface area contributed by atoms with Crippen LogP contribution in [0.4, 0.5) is 5.69 Å². The third-order valence-corrected chi connectivity index (χ3v) is 3.99. The van der Waals surface area contributed by atoms with Gasteiger partial charge in [-0.15, -0.1) is 0 Å². The number of nitrogens with one attached hydrogen (secondary N) is 1. The molecule has 1 amide bonds. The number of carbonyl (C=O) groups excluding carboxylic acids is 1. The van der Waals surface area contributed by atoms with E-state index in [1.165, 1.54) is 6.08 Å². The summed E-state index contributed by atoms with van der Waals surface area (Å²) in [5.41, 5.74) is 1.47. The second kappa shape index (κ2) is 6.86. The van der Waals surface area contributed by atoms with Crippen LogP contribution in [0.5, 0.6) is 0 Å². The number of hydrogen-bond donors (Lipinski definition) is 1. The highest BCUT2D eigenvalue weighted by atomic mass is 35.5. The molecule has 0 radical (unpaired) electrons. The number of amides is 1. The molecule has 0 aliphatic carbocycles. The van der Waals surface area contributed by atoms with Gasteiger partial charge in [-0.1, -0.05) is 65.7 Å². The van der Waals surface area contributed by atoms with Crippen LogP contribution in [-0.4, -0.2) is 5.91 Å². The van der Waals surface area contributed by atoms with Crippen molar-refractivity contribution in [2.45, 2.75) is 0 Å². The van der Waals surface area contributed by atoms with Gasteiger partial charge >= 0.3 is 0 Å². The Bertz CT molecular complexity index is 898. The summed E-state index contributed by atoms with van der Waals surface area (Å²) in [6.45, 7) is 0. The predicted octanol–water partition coefficient (Wildman–Crippen LogP) is 5.80. The lowest BCUT2D eigenvalue weighted by molar-refractivity contribution is -0.111. The van der Waals surface area contributed by atoms with E-state index < -0.39 is 0 Å². The van der Waals surface area contributed by atoms with Crippen molar-refractivity contribution in [2.24, 2.45) is 0 Å². The van der Waals surface area contributed by atoms with Gasteiger partial charge in [0.2, 0.25) is 5.91 Å². The van der Waals surface area contributed by atoms with Gasteiger partial charge in [-0.2, -0.15) is 0 Å². The second-order valence-corrected chi connectivity index (χ2v) is 5.86. The molecule has 1 N–H and O–H groups in total. The molecule has 3 aromatic rings. The van der Waals surface area contributed by atoms with Gasteiger partial charge in [0, 0.05) is 11.1 Å². The molecular weight excluding hydrogens is 329 g/mol. The van der Waals surface area contributed by atoms with Crippen LogP contribution in [0.1, 0.15) is 5.56 Å². The van der Waals surface area contributed by atoms with Crippen molar-refractivity contribution in [3.8, 4) is 0 Å². The molecule has 0 fully saturated rings. The number of rotatable bonds is 3. The van der Waals surface area contributed by atoms with Crippen LogP contribution < -0.4 is 5.32 Å². The number of halogens is 2. The molecule has 0 unspecified atom stereocenters. The zero-order valence-corrected chi connectivity index (χ0v) is 13.6. The first kappa shape index (κ1) is 15.6. The van der Waals surface area contributed by atoms with Gasteiger partial charge in [0.05, 0.1) is 10.7 Å². The second-order valence-electron chi connectivity index (χ2n) is 5.02. The third kappa shape index (κ3) is 3.73. The van der Waals surface area contributed by atoms with Crippen molar-refractivity contribution >= 4 is 51.6 Å². The van der Waals surface area contributed by atoms with Gasteiger partial charge in [0.25, 0.3) is 0 Å². The van der Waals surface area contributed by atoms with Crippen LogP contribution in [-0.2, 0) is 4.79 Å². The Morgan fingerprint density at radius 3 is 2.61 bits per heavy atom. The maximum Gasteiger partial charge on any atom is 0.248 e. The van der Waals surface area contributed by atoms with Crippen LogP contribution in [0.2, 0.25) is 10.0 Å². The Balaban J connectivity index is 1.82. The summed E-state index contributed by atoms with van der Waals surface area (Å²) in [6, 6.07) is 19.0. The fourth-order valence-electron chi connectivity index (χ4n) is 2.33. The topological polar surface area (TPSA) is 29.1 Å². The van der Waals surface area contributed by atoms with E-state index in [2.05, 4.69) is 5.32 Å². The third-order valence-electron chi connectivity index (χ3n) is 3.42. The Kier molecular flexibility index (Phi) is 4.65. The molecule has 0 heterocycles. The average molecular weight is 342 g/mol. The molecule has 3 aromatic carbocycles. The largest absolute Gasteiger partial charge is 0.321 e. The van der Waals surface area contributed by atoms with Gasteiger partial charge < -0.3 is 5.32 Å². The Morgan fingerprint density at radius 1 is 0.957 bits per heavy atom. The maximum absolute atomic E-state index is 12.1. The molecule has 2 nitrogen and oxygen atoms in total. The van der Waals surface area contributed by atoms with Gasteiger partial charge in [-0.3, -0.25) is 4.79 Å². The first-order chi connectivity index (χ1) is 11.1. The Morgan fingerprint density at radius 2 is 1.74 bits per heavy atom. The van der Waals surface area contributed by atoms with Crippen LogP contribution in [0, 0.1) is 0 Å². The van der Waals surface area contributed by atoms with E-state index in [0.717, 1.165) is 16.3 Å². The van der Waals surface area contributed by atoms with E-state index >= 15 is 0 Å². The van der Waals surface area contributed by atoms with Crippen molar-refractivity contribution in [2.75, 3.05) is 5.32 Å². The maximum atomic E-state index is 12.1. The van der Waals surface area contributed by atoms with Crippen molar-refractivity contribution < 1.29 is 4.79 Å². The first-order valence-corrected chi connectivity index (χ1v) is 7.81. The van der Waals surface area contributed by atoms with E-state index in [1.54, 1.807) is 24.3 Å². The Labute approximate surface area is 144 Å². The summed E-state index contributed by atoms with van der Waals surface area (Å²) in [7, 11) is 0. The van der Waals surface area contributed by atoms with Gasteiger partial charge in [0.15, 0.2) is 0 Å². The summed E-state index contributed by atoms with van der Waals surface area (Å²) in [5, 5.41) is 5.92. The van der Waals surface area contributed by atoms with E-state index in [4.69, 9.17) is 23.2 Å². The molecule has 3 rings (SSSR count). The molecule has 0 saturated heterocycles. The van der Waals surface area contributed by atoms with E-state index in [-0.39, 0.29) is 5.91 Å². The number of hydrogen-bond acceptors (Lipinski definition) is 1. The molecule has 0 aromatic heterocycles.